The first-order valence-electron chi connectivity index (χ1n) is 4.47. The third-order valence-corrected chi connectivity index (χ3v) is 2.74. The van der Waals surface area contributed by atoms with Gasteiger partial charge in [0.1, 0.15) is 0 Å². The van der Waals surface area contributed by atoms with Crippen molar-refractivity contribution in [2.24, 2.45) is 0 Å². The number of nitrogens with zero attached hydrogens (tertiary/aromatic N) is 1. The Hall–Kier alpha value is -0.410. The Morgan fingerprint density at radius 3 is 3.00 bits per heavy atom. The van der Waals surface area contributed by atoms with Crippen molar-refractivity contribution in [3.05, 3.63) is 28.0 Å². The molecule has 1 aromatic heterocycles. The van der Waals surface area contributed by atoms with Crippen LogP contribution in [0.15, 0.2) is 16.6 Å². The summed E-state index contributed by atoms with van der Waals surface area (Å²) < 4.78 is 6.45. The molecule has 1 aliphatic heterocycles. The Bertz CT molecular complexity index is 288. The van der Waals surface area contributed by atoms with E-state index < -0.39 is 0 Å². The summed E-state index contributed by atoms with van der Waals surface area (Å²) in [6.45, 7) is 3.71. The normalized spacial score (nSPS) is 22.2. The molecule has 1 aromatic rings. The second-order valence-electron chi connectivity index (χ2n) is 3.41. The van der Waals surface area contributed by atoms with Crippen LogP contribution in [0.4, 0.5) is 0 Å². The molecule has 1 unspecified atom stereocenters. The fraction of sp³-hybridized carbons (Fsp3) is 0.500. The van der Waals surface area contributed by atoms with Crippen LogP contribution in [-0.4, -0.2) is 18.2 Å². The highest BCUT2D eigenvalue weighted by Crippen LogP contribution is 2.25. The number of hydrogen-bond acceptors (Lipinski definition) is 2. The minimum absolute atomic E-state index is 0.496. The molecule has 2 rings (SSSR count). The average molecular weight is 242 g/mol. The molecular formula is C10H12BrNO. The third-order valence-electron chi connectivity index (χ3n) is 2.29. The first kappa shape index (κ1) is 9.16. The molecule has 13 heavy (non-hydrogen) atoms. The maximum atomic E-state index is 5.34. The summed E-state index contributed by atoms with van der Waals surface area (Å²) in [4.78, 5) is 4.51. The largest absolute Gasteiger partial charge is 0.381 e. The van der Waals surface area contributed by atoms with Crippen LogP contribution < -0.4 is 0 Å². The first-order chi connectivity index (χ1) is 6.25. The summed E-state index contributed by atoms with van der Waals surface area (Å²) in [5, 5.41) is 0. The quantitative estimate of drug-likeness (QED) is 0.755. The smallest absolute Gasteiger partial charge is 0.0550 e. The molecule has 2 heterocycles. The van der Waals surface area contributed by atoms with Crippen molar-refractivity contribution in [2.75, 3.05) is 13.2 Å². The molecule has 1 fully saturated rings. The Morgan fingerprint density at radius 1 is 1.54 bits per heavy atom. The zero-order valence-electron chi connectivity index (χ0n) is 7.59. The lowest BCUT2D eigenvalue weighted by Crippen LogP contribution is -2.01. The van der Waals surface area contributed by atoms with Gasteiger partial charge < -0.3 is 4.74 Å². The Morgan fingerprint density at radius 2 is 2.38 bits per heavy atom. The topological polar surface area (TPSA) is 22.1 Å². The lowest BCUT2D eigenvalue weighted by atomic mass is 10.0. The van der Waals surface area contributed by atoms with Crippen molar-refractivity contribution in [2.45, 2.75) is 19.3 Å². The second kappa shape index (κ2) is 3.76. The predicted molar refractivity (Wildman–Crippen MR) is 54.9 cm³/mol. The van der Waals surface area contributed by atoms with Crippen LogP contribution >= 0.6 is 15.9 Å². The van der Waals surface area contributed by atoms with Gasteiger partial charge in [0.2, 0.25) is 0 Å². The molecule has 2 nitrogen and oxygen atoms in total. The summed E-state index contributed by atoms with van der Waals surface area (Å²) in [6.07, 6.45) is 1.10. The molecule has 1 atom stereocenters. The van der Waals surface area contributed by atoms with Crippen molar-refractivity contribution in [1.82, 2.24) is 4.98 Å². The van der Waals surface area contributed by atoms with Crippen molar-refractivity contribution >= 4 is 15.9 Å². The number of ether oxygens (including phenoxy) is 1. The third kappa shape index (κ3) is 2.09. The van der Waals surface area contributed by atoms with Gasteiger partial charge >= 0.3 is 0 Å². The van der Waals surface area contributed by atoms with Gasteiger partial charge in [-0.3, -0.25) is 4.98 Å². The number of pyridine rings is 1. The number of halogens is 1. The fourth-order valence-electron chi connectivity index (χ4n) is 1.63. The SMILES string of the molecule is Cc1cc(Br)cc(C2CCOC2)n1. The van der Waals surface area contributed by atoms with Gasteiger partial charge in [-0.1, -0.05) is 15.9 Å². The van der Waals surface area contributed by atoms with Crippen LogP contribution in [0.3, 0.4) is 0 Å². The summed E-state index contributed by atoms with van der Waals surface area (Å²) in [5.41, 5.74) is 2.22. The van der Waals surface area contributed by atoms with Crippen LogP contribution in [-0.2, 0) is 4.74 Å². The van der Waals surface area contributed by atoms with Crippen LogP contribution in [0.5, 0.6) is 0 Å². The van der Waals surface area contributed by atoms with Crippen molar-refractivity contribution in [3.8, 4) is 0 Å². The summed E-state index contributed by atoms with van der Waals surface area (Å²) in [6, 6.07) is 4.12. The van der Waals surface area contributed by atoms with E-state index in [1.165, 1.54) is 0 Å². The Labute approximate surface area is 86.5 Å². The van der Waals surface area contributed by atoms with Crippen LogP contribution in [0.1, 0.15) is 23.7 Å². The molecule has 0 amide bonds. The van der Waals surface area contributed by atoms with Gasteiger partial charge in [0.15, 0.2) is 0 Å². The van der Waals surface area contributed by atoms with Crippen molar-refractivity contribution < 1.29 is 4.74 Å². The number of hydrogen-bond donors (Lipinski definition) is 0. The zero-order chi connectivity index (χ0) is 9.26. The number of aryl methyl sites for hydroxylation is 1. The lowest BCUT2D eigenvalue weighted by molar-refractivity contribution is 0.193. The van der Waals surface area contributed by atoms with E-state index >= 15 is 0 Å². The van der Waals surface area contributed by atoms with Gasteiger partial charge in [-0.25, -0.2) is 0 Å². The van der Waals surface area contributed by atoms with E-state index in [-0.39, 0.29) is 0 Å². The lowest BCUT2D eigenvalue weighted by Gasteiger charge is -2.08. The van der Waals surface area contributed by atoms with E-state index in [0.717, 1.165) is 35.5 Å². The Kier molecular flexibility index (Phi) is 2.65. The summed E-state index contributed by atoms with van der Waals surface area (Å²) in [7, 11) is 0. The molecular weight excluding hydrogens is 230 g/mol. The van der Waals surface area contributed by atoms with Gasteiger partial charge in [0.05, 0.1) is 6.61 Å². The van der Waals surface area contributed by atoms with E-state index in [2.05, 4.69) is 27.0 Å². The summed E-state index contributed by atoms with van der Waals surface area (Å²) in [5.74, 6) is 0.496. The van der Waals surface area contributed by atoms with Crippen molar-refractivity contribution in [1.29, 1.82) is 0 Å². The fourth-order valence-corrected chi connectivity index (χ4v) is 2.19. The maximum absolute atomic E-state index is 5.34. The van der Waals surface area contributed by atoms with Gasteiger partial charge in [0.25, 0.3) is 0 Å². The summed E-state index contributed by atoms with van der Waals surface area (Å²) >= 11 is 3.48. The van der Waals surface area contributed by atoms with E-state index in [0.29, 0.717) is 5.92 Å². The Balaban J connectivity index is 2.28. The number of rotatable bonds is 1. The molecule has 0 spiro atoms. The average Bonchev–Trinajstić information content (AvgIpc) is 2.53. The highest BCUT2D eigenvalue weighted by atomic mass is 79.9. The molecule has 70 valence electrons. The molecule has 0 radical (unpaired) electrons. The molecule has 0 aliphatic carbocycles. The maximum Gasteiger partial charge on any atom is 0.0550 e. The molecule has 3 heteroatoms. The van der Waals surface area contributed by atoms with E-state index in [1.54, 1.807) is 0 Å². The van der Waals surface area contributed by atoms with Crippen molar-refractivity contribution in [3.63, 3.8) is 0 Å². The first-order valence-corrected chi connectivity index (χ1v) is 5.27. The minimum atomic E-state index is 0.496. The predicted octanol–water partition coefficient (Wildman–Crippen LogP) is 2.66. The highest BCUT2D eigenvalue weighted by Gasteiger charge is 2.19. The minimum Gasteiger partial charge on any atom is -0.381 e. The van der Waals surface area contributed by atoms with E-state index in [1.807, 2.05) is 13.0 Å². The van der Waals surface area contributed by atoms with E-state index in [9.17, 15) is 0 Å². The molecule has 1 saturated heterocycles. The van der Waals surface area contributed by atoms with Gasteiger partial charge in [-0.05, 0) is 25.5 Å². The molecule has 0 bridgehead atoms. The number of aromatic nitrogens is 1. The monoisotopic (exact) mass is 241 g/mol. The zero-order valence-corrected chi connectivity index (χ0v) is 9.17. The van der Waals surface area contributed by atoms with Gasteiger partial charge in [-0.15, -0.1) is 0 Å². The highest BCUT2D eigenvalue weighted by molar-refractivity contribution is 9.10. The van der Waals surface area contributed by atoms with Crippen LogP contribution in [0.25, 0.3) is 0 Å². The van der Waals surface area contributed by atoms with Gasteiger partial charge in [-0.2, -0.15) is 0 Å². The molecule has 0 aromatic carbocycles. The van der Waals surface area contributed by atoms with Crippen LogP contribution in [0.2, 0.25) is 0 Å². The van der Waals surface area contributed by atoms with E-state index in [4.69, 9.17) is 4.74 Å². The molecule has 1 aliphatic rings. The molecule has 0 N–H and O–H groups in total. The molecule has 0 saturated carbocycles. The standard InChI is InChI=1S/C10H12BrNO/c1-7-4-9(11)5-10(12-7)8-2-3-13-6-8/h4-5,8H,2-3,6H2,1H3. The van der Waals surface area contributed by atoms with Crippen LogP contribution in [0, 0.1) is 6.92 Å². The van der Waals surface area contributed by atoms with Gasteiger partial charge in [0, 0.05) is 28.4 Å². The second-order valence-corrected chi connectivity index (χ2v) is 4.33.